The van der Waals surface area contributed by atoms with Crippen LogP contribution in [-0.4, -0.2) is 25.8 Å². The van der Waals surface area contributed by atoms with Gasteiger partial charge in [-0.3, -0.25) is 0 Å². The van der Waals surface area contributed by atoms with Crippen molar-refractivity contribution in [3.63, 3.8) is 0 Å². The summed E-state index contributed by atoms with van der Waals surface area (Å²) in [6.07, 6.45) is 0. The third-order valence-electron chi connectivity index (χ3n) is 2.24. The Balaban J connectivity index is 2.58. The molecule has 0 spiro atoms. The van der Waals surface area contributed by atoms with Gasteiger partial charge in [-0.25, -0.2) is 9.18 Å². The lowest BCUT2D eigenvalue weighted by atomic mass is 10.2. The molecule has 1 atom stereocenters. The zero-order valence-corrected chi connectivity index (χ0v) is 10.2. The number of hydrogen-bond donors (Lipinski definition) is 2. The molecule has 1 aromatic carbocycles. The van der Waals surface area contributed by atoms with Crippen LogP contribution < -0.4 is 10.6 Å². The summed E-state index contributed by atoms with van der Waals surface area (Å²) in [5.74, 6) is -0.379. The van der Waals surface area contributed by atoms with E-state index in [-0.39, 0.29) is 17.9 Å². The fraction of sp³-hybridized carbons (Fsp3) is 0.417. The minimum Gasteiger partial charge on any atom is -0.383 e. The van der Waals surface area contributed by atoms with Crippen LogP contribution in [0.4, 0.5) is 14.9 Å². The van der Waals surface area contributed by atoms with Gasteiger partial charge >= 0.3 is 6.03 Å². The molecule has 0 aliphatic heterocycles. The Morgan fingerprint density at radius 2 is 2.24 bits per heavy atom. The number of methoxy groups -OCH3 is 1. The summed E-state index contributed by atoms with van der Waals surface area (Å²) in [5, 5.41) is 5.27. The molecule has 1 rings (SSSR count). The molecule has 4 nitrogen and oxygen atoms in total. The van der Waals surface area contributed by atoms with E-state index in [4.69, 9.17) is 4.74 Å². The summed E-state index contributed by atoms with van der Waals surface area (Å²) in [5.41, 5.74) is 1.27. The molecule has 2 N–H and O–H groups in total. The van der Waals surface area contributed by atoms with Crippen LogP contribution in [0.1, 0.15) is 12.5 Å². The van der Waals surface area contributed by atoms with E-state index in [1.807, 2.05) is 6.92 Å². The molecule has 0 saturated heterocycles. The van der Waals surface area contributed by atoms with Crippen molar-refractivity contribution >= 4 is 11.7 Å². The van der Waals surface area contributed by atoms with Crippen LogP contribution in [0.25, 0.3) is 0 Å². The second kappa shape index (κ2) is 6.20. The highest BCUT2D eigenvalue weighted by molar-refractivity contribution is 5.90. The van der Waals surface area contributed by atoms with Crippen molar-refractivity contribution in [2.24, 2.45) is 0 Å². The van der Waals surface area contributed by atoms with E-state index in [1.54, 1.807) is 20.1 Å². The third-order valence-corrected chi connectivity index (χ3v) is 2.24. The van der Waals surface area contributed by atoms with Gasteiger partial charge in [-0.15, -0.1) is 0 Å². The molecule has 0 fully saturated rings. The van der Waals surface area contributed by atoms with E-state index in [0.29, 0.717) is 12.3 Å². The predicted octanol–water partition coefficient (Wildman–Crippen LogP) is 2.29. The number of amides is 2. The lowest BCUT2D eigenvalue weighted by Gasteiger charge is -2.14. The first-order valence-corrected chi connectivity index (χ1v) is 5.35. The first-order valence-electron chi connectivity index (χ1n) is 5.35. The molecule has 17 heavy (non-hydrogen) atoms. The normalized spacial score (nSPS) is 12.0. The van der Waals surface area contributed by atoms with E-state index in [9.17, 15) is 9.18 Å². The van der Waals surface area contributed by atoms with Gasteiger partial charge < -0.3 is 15.4 Å². The topological polar surface area (TPSA) is 50.4 Å². The average Bonchev–Trinajstić information content (AvgIpc) is 2.23. The Morgan fingerprint density at radius 3 is 2.88 bits per heavy atom. The Morgan fingerprint density at radius 1 is 1.53 bits per heavy atom. The number of carbonyl (C=O) groups excluding carboxylic acids is 1. The highest BCUT2D eigenvalue weighted by Crippen LogP contribution is 2.15. The third kappa shape index (κ3) is 4.40. The van der Waals surface area contributed by atoms with E-state index in [1.165, 1.54) is 12.1 Å². The zero-order chi connectivity index (χ0) is 12.8. The number of benzene rings is 1. The second-order valence-corrected chi connectivity index (χ2v) is 3.91. The van der Waals surface area contributed by atoms with E-state index in [2.05, 4.69) is 10.6 Å². The lowest BCUT2D eigenvalue weighted by molar-refractivity contribution is 0.173. The summed E-state index contributed by atoms with van der Waals surface area (Å²) >= 11 is 0. The molecular weight excluding hydrogens is 223 g/mol. The van der Waals surface area contributed by atoms with Crippen LogP contribution in [0.3, 0.4) is 0 Å². The minimum absolute atomic E-state index is 0.103. The molecule has 0 bridgehead atoms. The van der Waals surface area contributed by atoms with Gasteiger partial charge in [0, 0.05) is 12.8 Å². The van der Waals surface area contributed by atoms with E-state index < -0.39 is 0 Å². The number of hydrogen-bond acceptors (Lipinski definition) is 2. The quantitative estimate of drug-likeness (QED) is 0.848. The van der Waals surface area contributed by atoms with Crippen molar-refractivity contribution in [1.82, 2.24) is 5.32 Å². The van der Waals surface area contributed by atoms with Crippen molar-refractivity contribution in [3.8, 4) is 0 Å². The molecule has 94 valence electrons. The summed E-state index contributed by atoms with van der Waals surface area (Å²) in [7, 11) is 1.56. The summed E-state index contributed by atoms with van der Waals surface area (Å²) in [6.45, 7) is 4.05. The van der Waals surface area contributed by atoms with Crippen molar-refractivity contribution in [1.29, 1.82) is 0 Å². The van der Waals surface area contributed by atoms with Crippen molar-refractivity contribution in [3.05, 3.63) is 29.6 Å². The molecule has 0 heterocycles. The number of anilines is 1. The van der Waals surface area contributed by atoms with Gasteiger partial charge in [0.2, 0.25) is 0 Å². The molecule has 0 aromatic heterocycles. The Bertz CT molecular complexity index is 396. The smallest absolute Gasteiger partial charge is 0.319 e. The number of aryl methyl sites for hydroxylation is 1. The van der Waals surface area contributed by atoms with Gasteiger partial charge in [0.05, 0.1) is 12.6 Å². The maximum atomic E-state index is 13.0. The molecule has 2 amide bonds. The maximum Gasteiger partial charge on any atom is 0.319 e. The van der Waals surface area contributed by atoms with Gasteiger partial charge in [-0.05, 0) is 31.5 Å². The van der Waals surface area contributed by atoms with Crippen molar-refractivity contribution < 1.29 is 13.9 Å². The van der Waals surface area contributed by atoms with Gasteiger partial charge in [-0.1, -0.05) is 6.07 Å². The van der Waals surface area contributed by atoms with E-state index >= 15 is 0 Å². The fourth-order valence-electron chi connectivity index (χ4n) is 1.40. The Labute approximate surface area is 100 Å². The maximum absolute atomic E-state index is 13.0. The SMILES string of the molecule is COC[C@@H](C)NC(=O)Nc1cc(F)ccc1C. The highest BCUT2D eigenvalue weighted by atomic mass is 19.1. The summed E-state index contributed by atoms with van der Waals surface area (Å²) in [4.78, 5) is 11.6. The number of ether oxygens (including phenoxy) is 1. The van der Waals surface area contributed by atoms with Gasteiger partial charge in [-0.2, -0.15) is 0 Å². The first kappa shape index (κ1) is 13.4. The number of rotatable bonds is 4. The fourth-order valence-corrected chi connectivity index (χ4v) is 1.40. The molecule has 0 aliphatic rings. The van der Waals surface area contributed by atoms with Crippen LogP contribution in [0, 0.1) is 12.7 Å². The van der Waals surface area contributed by atoms with Gasteiger partial charge in [0.25, 0.3) is 0 Å². The molecular formula is C12H17FN2O2. The first-order chi connectivity index (χ1) is 8.02. The number of urea groups is 1. The number of halogens is 1. The van der Waals surface area contributed by atoms with Gasteiger partial charge in [0.15, 0.2) is 0 Å². The minimum atomic E-state index is -0.379. The van der Waals surface area contributed by atoms with Crippen molar-refractivity contribution in [2.75, 3.05) is 19.0 Å². The molecule has 0 saturated carbocycles. The lowest BCUT2D eigenvalue weighted by Crippen LogP contribution is -2.38. The van der Waals surface area contributed by atoms with E-state index in [0.717, 1.165) is 5.56 Å². The Hall–Kier alpha value is -1.62. The molecule has 0 unspecified atom stereocenters. The van der Waals surface area contributed by atoms with Crippen LogP contribution in [0.2, 0.25) is 0 Å². The monoisotopic (exact) mass is 240 g/mol. The Kier molecular flexibility index (Phi) is 4.90. The van der Waals surface area contributed by atoms with Crippen LogP contribution >= 0.6 is 0 Å². The molecule has 0 radical (unpaired) electrons. The summed E-state index contributed by atoms with van der Waals surface area (Å²) in [6, 6.07) is 3.78. The van der Waals surface area contributed by atoms with Crippen molar-refractivity contribution in [2.45, 2.75) is 19.9 Å². The summed E-state index contributed by atoms with van der Waals surface area (Å²) < 4.78 is 17.9. The highest BCUT2D eigenvalue weighted by Gasteiger charge is 2.08. The van der Waals surface area contributed by atoms with Crippen LogP contribution in [-0.2, 0) is 4.74 Å². The van der Waals surface area contributed by atoms with Gasteiger partial charge in [0.1, 0.15) is 5.82 Å². The number of carbonyl (C=O) groups is 1. The second-order valence-electron chi connectivity index (χ2n) is 3.91. The van der Waals surface area contributed by atoms with Crippen LogP contribution in [0.5, 0.6) is 0 Å². The predicted molar refractivity (Wildman–Crippen MR) is 64.6 cm³/mol. The van der Waals surface area contributed by atoms with Crippen LogP contribution in [0.15, 0.2) is 18.2 Å². The average molecular weight is 240 g/mol. The number of nitrogens with one attached hydrogen (secondary N) is 2. The molecule has 0 aliphatic carbocycles. The largest absolute Gasteiger partial charge is 0.383 e. The standard InChI is InChI=1S/C12H17FN2O2/c1-8-4-5-10(13)6-11(8)15-12(16)14-9(2)7-17-3/h4-6,9H,7H2,1-3H3,(H2,14,15,16)/t9-/m1/s1. The molecule has 5 heteroatoms. The molecule has 1 aromatic rings. The zero-order valence-electron chi connectivity index (χ0n) is 10.2.